The third-order valence-electron chi connectivity index (χ3n) is 1.45. The van der Waals surface area contributed by atoms with Crippen molar-refractivity contribution in [2.45, 2.75) is 6.42 Å². The predicted octanol–water partition coefficient (Wildman–Crippen LogP) is 2.15. The van der Waals surface area contributed by atoms with Gasteiger partial charge in [-0.05, 0) is 18.1 Å². The van der Waals surface area contributed by atoms with E-state index in [1.807, 2.05) is 0 Å². The van der Waals surface area contributed by atoms with Crippen molar-refractivity contribution >= 4 is 11.6 Å². The molecule has 1 N–H and O–H groups in total. The highest BCUT2D eigenvalue weighted by molar-refractivity contribution is 6.31. The fourth-order valence-corrected chi connectivity index (χ4v) is 1.12. The zero-order chi connectivity index (χ0) is 9.14. The molecule has 0 saturated carbocycles. The van der Waals surface area contributed by atoms with Crippen LogP contribution in [0.1, 0.15) is 5.56 Å². The molecule has 1 aromatic carbocycles. The van der Waals surface area contributed by atoms with Crippen molar-refractivity contribution in [3.63, 3.8) is 0 Å². The first-order chi connectivity index (χ1) is 5.65. The molecule has 0 bridgehead atoms. The van der Waals surface area contributed by atoms with Gasteiger partial charge in [-0.1, -0.05) is 11.6 Å². The lowest BCUT2D eigenvalue weighted by Gasteiger charge is -2.02. The van der Waals surface area contributed by atoms with E-state index in [1.54, 1.807) is 0 Å². The lowest BCUT2D eigenvalue weighted by Crippen LogP contribution is -1.95. The van der Waals surface area contributed by atoms with Crippen LogP contribution in [0.2, 0.25) is 5.02 Å². The Morgan fingerprint density at radius 3 is 2.58 bits per heavy atom. The normalized spacial score (nSPS) is 10.3. The molecule has 0 radical (unpaired) electrons. The van der Waals surface area contributed by atoms with E-state index in [4.69, 9.17) is 16.7 Å². The van der Waals surface area contributed by atoms with Crippen LogP contribution in [0.5, 0.6) is 0 Å². The van der Waals surface area contributed by atoms with Gasteiger partial charge in [0, 0.05) is 12.7 Å². The van der Waals surface area contributed by atoms with Crippen LogP contribution in [0.4, 0.5) is 8.78 Å². The van der Waals surface area contributed by atoms with Crippen molar-refractivity contribution in [3.05, 3.63) is 34.4 Å². The number of hydrogen-bond donors (Lipinski definition) is 1. The quantitative estimate of drug-likeness (QED) is 0.712. The molecular formula is C8H7ClF2O. The number of hydrogen-bond acceptors (Lipinski definition) is 1. The SMILES string of the molecule is OCCc1cc(F)cc(F)c1Cl. The molecule has 0 amide bonds. The second-order valence-electron chi connectivity index (χ2n) is 2.33. The largest absolute Gasteiger partial charge is 0.396 e. The van der Waals surface area contributed by atoms with Crippen LogP contribution in [0.25, 0.3) is 0 Å². The van der Waals surface area contributed by atoms with Crippen molar-refractivity contribution in [1.82, 2.24) is 0 Å². The first kappa shape index (κ1) is 9.42. The molecule has 0 unspecified atom stereocenters. The van der Waals surface area contributed by atoms with Gasteiger partial charge in [-0.3, -0.25) is 0 Å². The Morgan fingerprint density at radius 2 is 2.00 bits per heavy atom. The summed E-state index contributed by atoms with van der Waals surface area (Å²) < 4.78 is 25.3. The molecule has 0 saturated heterocycles. The number of aliphatic hydroxyl groups excluding tert-OH is 1. The maximum Gasteiger partial charge on any atom is 0.144 e. The Balaban J connectivity index is 3.09. The minimum Gasteiger partial charge on any atom is -0.396 e. The van der Waals surface area contributed by atoms with Gasteiger partial charge >= 0.3 is 0 Å². The Hall–Kier alpha value is -0.670. The fraction of sp³-hybridized carbons (Fsp3) is 0.250. The van der Waals surface area contributed by atoms with Crippen LogP contribution >= 0.6 is 11.6 Å². The molecule has 1 aromatic rings. The minimum atomic E-state index is -0.792. The predicted molar refractivity (Wildman–Crippen MR) is 42.2 cm³/mol. The van der Waals surface area contributed by atoms with E-state index >= 15 is 0 Å². The van der Waals surface area contributed by atoms with E-state index in [9.17, 15) is 8.78 Å². The fourth-order valence-electron chi connectivity index (χ4n) is 0.912. The summed E-state index contributed by atoms with van der Waals surface area (Å²) in [7, 11) is 0. The van der Waals surface area contributed by atoms with Crippen molar-refractivity contribution in [2.75, 3.05) is 6.61 Å². The van der Waals surface area contributed by atoms with Crippen molar-refractivity contribution < 1.29 is 13.9 Å². The summed E-state index contributed by atoms with van der Waals surface area (Å²) >= 11 is 5.49. The van der Waals surface area contributed by atoms with E-state index in [1.165, 1.54) is 0 Å². The van der Waals surface area contributed by atoms with E-state index in [2.05, 4.69) is 0 Å². The number of benzene rings is 1. The second-order valence-corrected chi connectivity index (χ2v) is 2.71. The molecule has 66 valence electrons. The lowest BCUT2D eigenvalue weighted by atomic mass is 10.1. The highest BCUT2D eigenvalue weighted by Crippen LogP contribution is 2.21. The lowest BCUT2D eigenvalue weighted by molar-refractivity contribution is 0.299. The number of rotatable bonds is 2. The van der Waals surface area contributed by atoms with Crippen LogP contribution in [0, 0.1) is 11.6 Å². The monoisotopic (exact) mass is 192 g/mol. The summed E-state index contributed by atoms with van der Waals surface area (Å²) in [6, 6.07) is 1.82. The first-order valence-electron chi connectivity index (χ1n) is 3.39. The van der Waals surface area contributed by atoms with Gasteiger partial charge in [0.1, 0.15) is 11.6 Å². The van der Waals surface area contributed by atoms with E-state index in [0.717, 1.165) is 6.07 Å². The summed E-state index contributed by atoms with van der Waals surface area (Å²) in [5.74, 6) is -1.47. The van der Waals surface area contributed by atoms with E-state index in [0.29, 0.717) is 6.07 Å². The van der Waals surface area contributed by atoms with Gasteiger partial charge in [-0.2, -0.15) is 0 Å². The van der Waals surface area contributed by atoms with Gasteiger partial charge in [-0.25, -0.2) is 8.78 Å². The topological polar surface area (TPSA) is 20.2 Å². The molecule has 12 heavy (non-hydrogen) atoms. The molecule has 4 heteroatoms. The summed E-state index contributed by atoms with van der Waals surface area (Å²) in [4.78, 5) is 0. The molecule has 1 nitrogen and oxygen atoms in total. The van der Waals surface area contributed by atoms with Gasteiger partial charge in [0.25, 0.3) is 0 Å². The average molecular weight is 193 g/mol. The Kier molecular flexibility index (Phi) is 3.00. The van der Waals surface area contributed by atoms with Crippen LogP contribution in [-0.2, 0) is 6.42 Å². The zero-order valence-corrected chi connectivity index (χ0v) is 6.91. The maximum absolute atomic E-state index is 12.7. The standard InChI is InChI=1S/C8H7ClF2O/c9-8-5(1-2-12)3-6(10)4-7(8)11/h3-4,12H,1-2H2. The molecular weight excluding hydrogens is 186 g/mol. The van der Waals surface area contributed by atoms with Crippen LogP contribution in [0.15, 0.2) is 12.1 Å². The van der Waals surface area contributed by atoms with E-state index in [-0.39, 0.29) is 23.6 Å². The molecule has 0 atom stereocenters. The average Bonchev–Trinajstić information content (AvgIpc) is 2.00. The summed E-state index contributed by atoms with van der Waals surface area (Å²) in [5, 5.41) is 8.40. The number of halogens is 3. The van der Waals surface area contributed by atoms with Crippen molar-refractivity contribution in [2.24, 2.45) is 0 Å². The molecule has 0 fully saturated rings. The van der Waals surface area contributed by atoms with Crippen LogP contribution in [0.3, 0.4) is 0 Å². The smallest absolute Gasteiger partial charge is 0.144 e. The van der Waals surface area contributed by atoms with Gasteiger partial charge < -0.3 is 5.11 Å². The molecule has 0 aliphatic heterocycles. The summed E-state index contributed by atoms with van der Waals surface area (Å²) in [6.07, 6.45) is 0.160. The molecule has 0 aliphatic carbocycles. The van der Waals surface area contributed by atoms with Gasteiger partial charge in [0.05, 0.1) is 5.02 Å². The highest BCUT2D eigenvalue weighted by atomic mass is 35.5. The van der Waals surface area contributed by atoms with Crippen molar-refractivity contribution in [3.8, 4) is 0 Å². The van der Waals surface area contributed by atoms with Gasteiger partial charge in [-0.15, -0.1) is 0 Å². The van der Waals surface area contributed by atoms with E-state index < -0.39 is 11.6 Å². The third-order valence-corrected chi connectivity index (χ3v) is 1.87. The zero-order valence-electron chi connectivity index (χ0n) is 6.15. The van der Waals surface area contributed by atoms with Crippen LogP contribution < -0.4 is 0 Å². The Bertz CT molecular complexity index is 289. The molecule has 0 heterocycles. The van der Waals surface area contributed by atoms with Crippen LogP contribution in [-0.4, -0.2) is 11.7 Å². The van der Waals surface area contributed by atoms with Crippen molar-refractivity contribution in [1.29, 1.82) is 0 Å². The second kappa shape index (κ2) is 3.83. The summed E-state index contributed by atoms with van der Waals surface area (Å²) in [6.45, 7) is -0.178. The highest BCUT2D eigenvalue weighted by Gasteiger charge is 2.07. The van der Waals surface area contributed by atoms with Gasteiger partial charge in [0.15, 0.2) is 0 Å². The molecule has 1 rings (SSSR count). The number of aliphatic hydroxyl groups is 1. The van der Waals surface area contributed by atoms with Gasteiger partial charge in [0.2, 0.25) is 0 Å². The molecule has 0 aromatic heterocycles. The summed E-state index contributed by atoms with van der Waals surface area (Å²) in [5.41, 5.74) is 0.289. The minimum absolute atomic E-state index is 0.120. The molecule has 0 aliphatic rings. The third kappa shape index (κ3) is 1.93. The molecule has 0 spiro atoms. The maximum atomic E-state index is 12.7. The Morgan fingerprint density at radius 1 is 1.33 bits per heavy atom. The Labute approximate surface area is 73.6 Å². The first-order valence-corrected chi connectivity index (χ1v) is 3.77.